The number of ketones is 1. The topological polar surface area (TPSA) is 128 Å². The van der Waals surface area contributed by atoms with Gasteiger partial charge in [-0.1, -0.05) is 18.2 Å². The lowest BCUT2D eigenvalue weighted by molar-refractivity contribution is -0.384. The fourth-order valence-electron chi connectivity index (χ4n) is 3.92. The Balaban J connectivity index is 1.62. The summed E-state index contributed by atoms with van der Waals surface area (Å²) in [7, 11) is 0. The monoisotopic (exact) mass is 495 g/mol. The molecule has 0 saturated carbocycles. The first kappa shape index (κ1) is 21.6. The van der Waals surface area contributed by atoms with Crippen LogP contribution in [0.2, 0.25) is 0 Å². The van der Waals surface area contributed by atoms with E-state index in [1.54, 1.807) is 30.3 Å². The molecule has 1 aliphatic heterocycles. The SMILES string of the molecule is N#CC1=C(N)OC2=C(C(=O)CCC2)[C@H]1c1ccc(OCc2cccc([N+](=O)[O-])c2)c(Br)c1. The van der Waals surface area contributed by atoms with Crippen molar-refractivity contribution in [1.29, 1.82) is 5.26 Å². The van der Waals surface area contributed by atoms with Crippen LogP contribution < -0.4 is 10.5 Å². The second-order valence-electron chi connectivity index (χ2n) is 7.44. The van der Waals surface area contributed by atoms with E-state index in [1.807, 2.05) is 0 Å². The Hall–Kier alpha value is -3.64. The number of Topliss-reactive ketones (excluding diaryl/α,β-unsaturated/α-hetero) is 1. The van der Waals surface area contributed by atoms with Crippen LogP contribution in [0.15, 0.2) is 69.7 Å². The van der Waals surface area contributed by atoms with Gasteiger partial charge in [0, 0.05) is 30.5 Å². The zero-order valence-corrected chi connectivity index (χ0v) is 18.4. The van der Waals surface area contributed by atoms with Crippen molar-refractivity contribution in [1.82, 2.24) is 0 Å². The molecule has 2 aromatic carbocycles. The van der Waals surface area contributed by atoms with Gasteiger partial charge in [-0.25, -0.2) is 0 Å². The van der Waals surface area contributed by atoms with Crippen LogP contribution in [0.1, 0.15) is 36.3 Å². The molecule has 0 bridgehead atoms. The molecule has 1 atom stereocenters. The summed E-state index contributed by atoms with van der Waals surface area (Å²) < 4.78 is 12.0. The van der Waals surface area contributed by atoms with Crippen LogP contribution in [0, 0.1) is 21.4 Å². The fraction of sp³-hybridized carbons (Fsp3) is 0.217. The molecular formula is C23H18BrN3O5. The van der Waals surface area contributed by atoms with Crippen LogP contribution in [-0.4, -0.2) is 10.7 Å². The Bertz CT molecular complexity index is 1230. The van der Waals surface area contributed by atoms with Crippen LogP contribution in [0.25, 0.3) is 0 Å². The average molecular weight is 496 g/mol. The van der Waals surface area contributed by atoms with E-state index >= 15 is 0 Å². The minimum Gasteiger partial charge on any atom is -0.488 e. The maximum absolute atomic E-state index is 12.7. The summed E-state index contributed by atoms with van der Waals surface area (Å²) in [6.07, 6.45) is 1.69. The number of nitrogens with two attached hydrogens (primary N) is 1. The van der Waals surface area contributed by atoms with Gasteiger partial charge in [-0.3, -0.25) is 14.9 Å². The minimum atomic E-state index is -0.598. The highest BCUT2D eigenvalue weighted by Crippen LogP contribution is 2.44. The van der Waals surface area contributed by atoms with Crippen molar-refractivity contribution in [2.75, 3.05) is 0 Å². The number of carbonyl (C=O) groups excluding carboxylic acids is 1. The first-order valence-corrected chi connectivity index (χ1v) is 10.7. The van der Waals surface area contributed by atoms with Gasteiger partial charge in [-0.05, 0) is 45.6 Å². The van der Waals surface area contributed by atoms with E-state index in [9.17, 15) is 20.2 Å². The molecule has 1 heterocycles. The van der Waals surface area contributed by atoms with E-state index in [4.69, 9.17) is 15.2 Å². The molecular weight excluding hydrogens is 478 g/mol. The van der Waals surface area contributed by atoms with E-state index in [2.05, 4.69) is 22.0 Å². The van der Waals surface area contributed by atoms with E-state index < -0.39 is 10.8 Å². The third kappa shape index (κ3) is 4.09. The smallest absolute Gasteiger partial charge is 0.269 e. The summed E-state index contributed by atoms with van der Waals surface area (Å²) in [5.74, 6) is 0.433. The molecule has 0 fully saturated rings. The van der Waals surface area contributed by atoms with Crippen LogP contribution in [0.3, 0.4) is 0 Å². The van der Waals surface area contributed by atoms with Gasteiger partial charge >= 0.3 is 0 Å². The summed E-state index contributed by atoms with van der Waals surface area (Å²) in [5, 5.41) is 20.6. The predicted molar refractivity (Wildman–Crippen MR) is 118 cm³/mol. The highest BCUT2D eigenvalue weighted by atomic mass is 79.9. The van der Waals surface area contributed by atoms with Crippen LogP contribution in [0.4, 0.5) is 5.69 Å². The third-order valence-corrected chi connectivity index (χ3v) is 6.03. The average Bonchev–Trinajstić information content (AvgIpc) is 2.77. The number of nitro groups is 1. The number of hydrogen-bond donors (Lipinski definition) is 1. The number of nitrogens with zero attached hydrogens (tertiary/aromatic N) is 2. The maximum atomic E-state index is 12.7. The highest BCUT2D eigenvalue weighted by molar-refractivity contribution is 9.10. The van der Waals surface area contributed by atoms with Crippen LogP contribution in [0.5, 0.6) is 5.75 Å². The Kier molecular flexibility index (Phi) is 5.97. The molecule has 8 nitrogen and oxygen atoms in total. The zero-order chi connectivity index (χ0) is 22.8. The number of allylic oxidation sites excluding steroid dienone is 3. The number of rotatable bonds is 5. The summed E-state index contributed by atoms with van der Waals surface area (Å²) in [4.78, 5) is 23.2. The maximum Gasteiger partial charge on any atom is 0.269 e. The molecule has 2 aromatic rings. The molecule has 0 saturated heterocycles. The number of carbonyl (C=O) groups is 1. The first-order chi connectivity index (χ1) is 15.4. The van der Waals surface area contributed by atoms with E-state index in [0.717, 1.165) is 0 Å². The van der Waals surface area contributed by atoms with Crippen molar-refractivity contribution in [2.45, 2.75) is 31.8 Å². The Labute approximate surface area is 192 Å². The van der Waals surface area contributed by atoms with Crippen LogP contribution in [-0.2, 0) is 16.1 Å². The quantitative estimate of drug-likeness (QED) is 0.467. The fourth-order valence-corrected chi connectivity index (χ4v) is 4.44. The normalized spacial score (nSPS) is 18.0. The van der Waals surface area contributed by atoms with Gasteiger partial charge in [0.25, 0.3) is 5.69 Å². The van der Waals surface area contributed by atoms with E-state index in [0.29, 0.717) is 51.9 Å². The number of nitro benzene ring substituents is 1. The standard InChI is InChI=1S/C23H18BrN3O5/c24-17-10-14(7-8-19(17)31-12-13-3-1-4-15(9-13)27(29)30)21-16(11-25)23(26)32-20-6-2-5-18(28)22(20)21/h1,3-4,7-10,21H,2,5-6,12,26H2/t21-/m0/s1. The van der Waals surface area contributed by atoms with Gasteiger partial charge in [0.1, 0.15) is 29.8 Å². The molecule has 0 unspecified atom stereocenters. The van der Waals surface area contributed by atoms with Gasteiger partial charge in [0.2, 0.25) is 5.88 Å². The first-order valence-electron chi connectivity index (χ1n) is 9.88. The largest absolute Gasteiger partial charge is 0.488 e. The lowest BCUT2D eigenvalue weighted by atomic mass is 9.77. The van der Waals surface area contributed by atoms with Crippen molar-refractivity contribution in [3.05, 3.63) is 91.0 Å². The van der Waals surface area contributed by atoms with Gasteiger partial charge in [0.15, 0.2) is 5.78 Å². The molecule has 1 aliphatic carbocycles. The molecule has 2 N–H and O–H groups in total. The van der Waals surface area contributed by atoms with Gasteiger partial charge < -0.3 is 15.2 Å². The number of nitriles is 1. The molecule has 4 rings (SSSR count). The second-order valence-corrected chi connectivity index (χ2v) is 8.30. The van der Waals surface area contributed by atoms with Crippen molar-refractivity contribution in [2.24, 2.45) is 5.73 Å². The lowest BCUT2D eigenvalue weighted by Gasteiger charge is -2.31. The Morgan fingerprint density at radius 2 is 2.09 bits per heavy atom. The number of benzene rings is 2. The summed E-state index contributed by atoms with van der Waals surface area (Å²) in [6.45, 7) is 0.140. The summed E-state index contributed by atoms with van der Waals surface area (Å²) in [6, 6.07) is 13.6. The molecule has 0 radical (unpaired) electrons. The molecule has 32 heavy (non-hydrogen) atoms. The molecule has 162 valence electrons. The minimum absolute atomic E-state index is 0.00494. The predicted octanol–water partition coefficient (Wildman–Crippen LogP) is 4.75. The van der Waals surface area contributed by atoms with Gasteiger partial charge in [-0.15, -0.1) is 0 Å². The number of halogens is 1. The summed E-state index contributed by atoms with van der Waals surface area (Å²) in [5.41, 5.74) is 8.04. The zero-order valence-electron chi connectivity index (χ0n) is 16.8. The number of hydrogen-bond acceptors (Lipinski definition) is 7. The molecule has 0 spiro atoms. The molecule has 0 aromatic heterocycles. The van der Waals surface area contributed by atoms with Crippen molar-refractivity contribution < 1.29 is 19.2 Å². The number of non-ortho nitro benzene ring substituents is 1. The van der Waals surface area contributed by atoms with E-state index in [-0.39, 0.29) is 29.5 Å². The second kappa shape index (κ2) is 8.85. The lowest BCUT2D eigenvalue weighted by Crippen LogP contribution is -2.27. The summed E-state index contributed by atoms with van der Waals surface area (Å²) >= 11 is 3.49. The molecule has 0 amide bonds. The molecule has 9 heteroatoms. The van der Waals surface area contributed by atoms with Crippen LogP contribution >= 0.6 is 15.9 Å². The van der Waals surface area contributed by atoms with Crippen molar-refractivity contribution >= 4 is 27.4 Å². The van der Waals surface area contributed by atoms with Gasteiger partial charge in [0.05, 0.1) is 15.3 Å². The Morgan fingerprint density at radius 3 is 2.81 bits per heavy atom. The molecule has 2 aliphatic rings. The van der Waals surface area contributed by atoms with E-state index in [1.165, 1.54) is 12.1 Å². The third-order valence-electron chi connectivity index (χ3n) is 5.41. The van der Waals surface area contributed by atoms with Crippen molar-refractivity contribution in [3.63, 3.8) is 0 Å². The van der Waals surface area contributed by atoms with Gasteiger partial charge in [-0.2, -0.15) is 5.26 Å². The Morgan fingerprint density at radius 1 is 1.28 bits per heavy atom. The van der Waals surface area contributed by atoms with Crippen molar-refractivity contribution in [3.8, 4) is 11.8 Å². The highest BCUT2D eigenvalue weighted by Gasteiger charge is 2.38. The number of ether oxygens (including phenoxy) is 2.